The molecule has 1 amide bonds. The number of amides is 1. The summed E-state index contributed by atoms with van der Waals surface area (Å²) in [6, 6.07) is 14.1. The number of nitrogens with one attached hydrogen (secondary N) is 1. The Morgan fingerprint density at radius 2 is 1.61 bits per heavy atom. The molecule has 1 unspecified atom stereocenters. The van der Waals surface area contributed by atoms with Crippen molar-refractivity contribution >= 4 is 21.7 Å². The number of hydrogen-bond acceptors (Lipinski definition) is 4. The van der Waals surface area contributed by atoms with E-state index in [4.69, 9.17) is 0 Å². The van der Waals surface area contributed by atoms with Crippen LogP contribution in [0.1, 0.15) is 60.6 Å². The summed E-state index contributed by atoms with van der Waals surface area (Å²) in [6.45, 7) is 6.12. The molecule has 1 atom stereocenters. The van der Waals surface area contributed by atoms with Gasteiger partial charge in [0.1, 0.15) is 0 Å². The fraction of sp³-hybridized carbons (Fsp3) is 0.417. The number of piperidine rings is 1. The molecule has 0 aliphatic carbocycles. The van der Waals surface area contributed by atoms with Crippen molar-refractivity contribution in [3.05, 3.63) is 65.2 Å². The van der Waals surface area contributed by atoms with E-state index in [1.807, 2.05) is 38.1 Å². The minimum absolute atomic E-state index is 0.0183. The smallest absolute Gasteiger partial charge is 0.243 e. The third-order valence-electron chi connectivity index (χ3n) is 5.93. The topological polar surface area (TPSA) is 83.6 Å². The lowest BCUT2D eigenvalue weighted by molar-refractivity contribution is -0.126. The molecule has 3 rings (SSSR count). The van der Waals surface area contributed by atoms with Crippen LogP contribution in [0.2, 0.25) is 0 Å². The average molecular weight is 443 g/mol. The monoisotopic (exact) mass is 442 g/mol. The van der Waals surface area contributed by atoms with Gasteiger partial charge in [0.25, 0.3) is 0 Å². The number of nitrogens with zero attached hydrogens (tertiary/aromatic N) is 1. The molecular weight excluding hydrogens is 412 g/mol. The lowest BCUT2D eigenvalue weighted by Gasteiger charge is -2.31. The molecule has 2 aromatic rings. The van der Waals surface area contributed by atoms with Crippen LogP contribution >= 0.6 is 0 Å². The highest BCUT2D eigenvalue weighted by Gasteiger charge is 2.32. The van der Waals surface area contributed by atoms with E-state index in [-0.39, 0.29) is 28.5 Å². The maximum atomic E-state index is 12.9. The maximum Gasteiger partial charge on any atom is 0.243 e. The molecule has 0 saturated carbocycles. The Morgan fingerprint density at radius 3 is 2.13 bits per heavy atom. The van der Waals surface area contributed by atoms with Crippen LogP contribution in [0.3, 0.4) is 0 Å². The average Bonchev–Trinajstić information content (AvgIpc) is 2.78. The number of Topliss-reactive ketones (excluding diaryl/α,β-unsaturated/α-hetero) is 1. The van der Waals surface area contributed by atoms with Gasteiger partial charge in [-0.15, -0.1) is 0 Å². The van der Waals surface area contributed by atoms with Gasteiger partial charge in [0.2, 0.25) is 15.9 Å². The number of benzene rings is 2. The van der Waals surface area contributed by atoms with Crippen LogP contribution in [0, 0.1) is 12.8 Å². The predicted molar refractivity (Wildman–Crippen MR) is 120 cm³/mol. The number of aryl methyl sites for hydroxylation is 1. The van der Waals surface area contributed by atoms with E-state index in [0.29, 0.717) is 31.5 Å². The highest BCUT2D eigenvalue weighted by Crippen LogP contribution is 2.26. The first-order valence-corrected chi connectivity index (χ1v) is 12.1. The summed E-state index contributed by atoms with van der Waals surface area (Å²) >= 11 is 0. The Labute approximate surface area is 184 Å². The molecule has 1 aliphatic heterocycles. The van der Waals surface area contributed by atoms with E-state index < -0.39 is 10.0 Å². The van der Waals surface area contributed by atoms with Gasteiger partial charge in [0.15, 0.2) is 5.78 Å². The number of carbonyl (C=O) groups is 2. The second-order valence-corrected chi connectivity index (χ2v) is 10.1. The molecule has 0 bridgehead atoms. The lowest BCUT2D eigenvalue weighted by atomic mass is 9.95. The minimum Gasteiger partial charge on any atom is -0.349 e. The second-order valence-electron chi connectivity index (χ2n) is 8.14. The SMILES string of the molecule is CCC(NC(=O)C1CCN(S(=O)(=O)c2ccc(C(C)=O)cc2)CC1)c1ccc(C)cc1. The van der Waals surface area contributed by atoms with Crippen molar-refractivity contribution in [2.24, 2.45) is 5.92 Å². The zero-order chi connectivity index (χ0) is 22.6. The standard InChI is InChI=1S/C24H30N2O4S/c1-4-23(20-7-5-17(2)6-8-20)25-24(28)21-13-15-26(16-14-21)31(29,30)22-11-9-19(10-12-22)18(3)27/h5-12,21,23H,4,13-16H2,1-3H3,(H,25,28). The summed E-state index contributed by atoms with van der Waals surface area (Å²) in [5.41, 5.74) is 2.73. The summed E-state index contributed by atoms with van der Waals surface area (Å²) in [7, 11) is -3.64. The molecule has 7 heteroatoms. The third-order valence-corrected chi connectivity index (χ3v) is 7.84. The Kier molecular flexibility index (Phi) is 7.28. The van der Waals surface area contributed by atoms with Crippen LogP contribution in [0.15, 0.2) is 53.4 Å². The first kappa shape index (κ1) is 23.2. The van der Waals surface area contributed by atoms with Crippen LogP contribution in [0.25, 0.3) is 0 Å². The van der Waals surface area contributed by atoms with Crippen molar-refractivity contribution in [3.8, 4) is 0 Å². The molecule has 0 spiro atoms. The van der Waals surface area contributed by atoms with E-state index in [2.05, 4.69) is 5.32 Å². The Bertz CT molecular complexity index is 1020. The van der Waals surface area contributed by atoms with Crippen LogP contribution in [-0.2, 0) is 14.8 Å². The number of rotatable bonds is 7. The fourth-order valence-electron chi connectivity index (χ4n) is 3.88. The van der Waals surface area contributed by atoms with Gasteiger partial charge in [-0.3, -0.25) is 9.59 Å². The van der Waals surface area contributed by atoms with Gasteiger partial charge >= 0.3 is 0 Å². The van der Waals surface area contributed by atoms with Crippen LogP contribution in [0.5, 0.6) is 0 Å². The molecule has 0 radical (unpaired) electrons. The predicted octanol–water partition coefficient (Wildman–Crippen LogP) is 3.87. The second kappa shape index (κ2) is 9.75. The summed E-state index contributed by atoms with van der Waals surface area (Å²) in [4.78, 5) is 24.4. The third kappa shape index (κ3) is 5.40. The van der Waals surface area contributed by atoms with Crippen molar-refractivity contribution in [2.75, 3.05) is 13.1 Å². The van der Waals surface area contributed by atoms with Gasteiger partial charge < -0.3 is 5.32 Å². The Morgan fingerprint density at radius 1 is 1.03 bits per heavy atom. The van der Waals surface area contributed by atoms with Gasteiger partial charge in [-0.2, -0.15) is 4.31 Å². The molecule has 31 heavy (non-hydrogen) atoms. The van der Waals surface area contributed by atoms with E-state index in [9.17, 15) is 18.0 Å². The highest BCUT2D eigenvalue weighted by atomic mass is 32.2. The number of hydrogen-bond donors (Lipinski definition) is 1. The van der Waals surface area contributed by atoms with Gasteiger partial charge in [0.05, 0.1) is 10.9 Å². The summed E-state index contributed by atoms with van der Waals surface area (Å²) in [5, 5.41) is 3.14. The van der Waals surface area contributed by atoms with Crippen molar-refractivity contribution in [2.45, 2.75) is 51.0 Å². The molecule has 166 valence electrons. The molecule has 1 heterocycles. The zero-order valence-electron chi connectivity index (χ0n) is 18.3. The molecular formula is C24H30N2O4S. The van der Waals surface area contributed by atoms with Crippen molar-refractivity contribution in [1.82, 2.24) is 9.62 Å². The first-order chi connectivity index (χ1) is 14.7. The minimum atomic E-state index is -3.64. The van der Waals surface area contributed by atoms with E-state index in [1.165, 1.54) is 41.1 Å². The number of carbonyl (C=O) groups excluding carboxylic acids is 2. The van der Waals surface area contributed by atoms with Crippen LogP contribution in [-0.4, -0.2) is 37.5 Å². The van der Waals surface area contributed by atoms with Gasteiger partial charge in [-0.1, -0.05) is 48.9 Å². The Hall–Kier alpha value is -2.51. The van der Waals surface area contributed by atoms with E-state index >= 15 is 0 Å². The van der Waals surface area contributed by atoms with Gasteiger partial charge in [-0.25, -0.2) is 8.42 Å². The Balaban J connectivity index is 1.60. The van der Waals surface area contributed by atoms with Crippen LogP contribution < -0.4 is 5.32 Å². The van der Waals surface area contributed by atoms with Crippen molar-refractivity contribution < 1.29 is 18.0 Å². The van der Waals surface area contributed by atoms with E-state index in [0.717, 1.165) is 12.0 Å². The first-order valence-electron chi connectivity index (χ1n) is 10.7. The molecule has 0 aromatic heterocycles. The largest absolute Gasteiger partial charge is 0.349 e. The summed E-state index contributed by atoms with van der Waals surface area (Å²) < 4.78 is 27.3. The van der Waals surface area contributed by atoms with Crippen molar-refractivity contribution in [3.63, 3.8) is 0 Å². The van der Waals surface area contributed by atoms with Crippen LogP contribution in [0.4, 0.5) is 0 Å². The fourth-order valence-corrected chi connectivity index (χ4v) is 5.35. The quantitative estimate of drug-likeness (QED) is 0.660. The molecule has 1 saturated heterocycles. The molecule has 1 fully saturated rings. The molecule has 1 N–H and O–H groups in total. The maximum absolute atomic E-state index is 12.9. The van der Waals surface area contributed by atoms with E-state index in [1.54, 1.807) is 0 Å². The molecule has 1 aliphatic rings. The highest BCUT2D eigenvalue weighted by molar-refractivity contribution is 7.89. The normalized spacial score (nSPS) is 16.6. The van der Waals surface area contributed by atoms with Gasteiger partial charge in [0, 0.05) is 24.6 Å². The molecule has 6 nitrogen and oxygen atoms in total. The number of ketones is 1. The summed E-state index contributed by atoms with van der Waals surface area (Å²) in [5.74, 6) is -0.326. The number of sulfonamides is 1. The molecule has 2 aromatic carbocycles. The van der Waals surface area contributed by atoms with Crippen molar-refractivity contribution in [1.29, 1.82) is 0 Å². The van der Waals surface area contributed by atoms with Gasteiger partial charge in [-0.05, 0) is 50.8 Å². The zero-order valence-corrected chi connectivity index (χ0v) is 19.1. The summed E-state index contributed by atoms with van der Waals surface area (Å²) in [6.07, 6.45) is 1.76. The lowest BCUT2D eigenvalue weighted by Crippen LogP contribution is -2.43.